The lowest BCUT2D eigenvalue weighted by atomic mass is 10.1. The first-order chi connectivity index (χ1) is 9.60. The number of esters is 1. The highest BCUT2D eigenvalue weighted by Gasteiger charge is 2.08. The first kappa shape index (κ1) is 14.9. The normalized spacial score (nSPS) is 11.9. The number of halogens is 1. The van der Waals surface area contributed by atoms with Gasteiger partial charge in [0.2, 0.25) is 0 Å². The lowest BCUT2D eigenvalue weighted by Crippen LogP contribution is -2.02. The van der Waals surface area contributed by atoms with Crippen LogP contribution >= 0.6 is 15.9 Å². The van der Waals surface area contributed by atoms with Crippen LogP contribution in [0, 0.1) is 0 Å². The second-order valence-corrected chi connectivity index (χ2v) is 6.50. The van der Waals surface area contributed by atoms with Gasteiger partial charge in [-0.25, -0.2) is 4.79 Å². The maximum absolute atomic E-state index is 12.2. The van der Waals surface area contributed by atoms with E-state index in [4.69, 9.17) is 0 Å². The van der Waals surface area contributed by atoms with Gasteiger partial charge in [-0.05, 0) is 35.9 Å². The average molecular weight is 353 g/mol. The lowest BCUT2D eigenvalue weighted by molar-refractivity contribution is 0.0600. The van der Waals surface area contributed by atoms with Crippen molar-refractivity contribution in [2.45, 2.75) is 10.6 Å². The summed E-state index contributed by atoms with van der Waals surface area (Å²) in [7, 11) is 0.236. The molecule has 0 aliphatic rings. The van der Waals surface area contributed by atoms with Gasteiger partial charge in [-0.3, -0.25) is 4.21 Å². The van der Waals surface area contributed by atoms with Gasteiger partial charge in [0, 0.05) is 9.37 Å². The average Bonchev–Trinajstić information content (AvgIpc) is 2.47. The molecule has 2 rings (SSSR count). The van der Waals surface area contributed by atoms with Crippen LogP contribution in [0.5, 0.6) is 0 Å². The third-order valence-corrected chi connectivity index (χ3v) is 4.60. The van der Waals surface area contributed by atoms with Gasteiger partial charge in [0.15, 0.2) is 0 Å². The van der Waals surface area contributed by atoms with Crippen molar-refractivity contribution < 1.29 is 13.7 Å². The molecule has 5 heteroatoms. The molecule has 0 heterocycles. The maximum atomic E-state index is 12.2. The monoisotopic (exact) mass is 352 g/mol. The number of rotatable bonds is 4. The van der Waals surface area contributed by atoms with Crippen LogP contribution in [0.2, 0.25) is 0 Å². The molecule has 20 heavy (non-hydrogen) atoms. The summed E-state index contributed by atoms with van der Waals surface area (Å²) in [6.45, 7) is 0. The molecule has 0 N–H and O–H groups in total. The van der Waals surface area contributed by atoms with Gasteiger partial charge >= 0.3 is 5.97 Å². The lowest BCUT2D eigenvalue weighted by Gasteiger charge is -2.04. The molecular formula is C15H13BrO3S. The standard InChI is InChI=1S/C15H13BrO3S/c1-19-15(17)12-7-5-11(6-8-12)10-20(18)14-4-2-3-13(16)9-14/h2-9H,10H2,1H3. The van der Waals surface area contributed by atoms with Crippen molar-refractivity contribution >= 4 is 32.7 Å². The van der Waals surface area contributed by atoms with Crippen LogP contribution in [-0.2, 0) is 21.3 Å². The molecule has 3 nitrogen and oxygen atoms in total. The van der Waals surface area contributed by atoms with Gasteiger partial charge < -0.3 is 4.74 Å². The van der Waals surface area contributed by atoms with E-state index in [2.05, 4.69) is 20.7 Å². The zero-order valence-corrected chi connectivity index (χ0v) is 13.2. The van der Waals surface area contributed by atoms with Gasteiger partial charge in [-0.2, -0.15) is 0 Å². The molecule has 0 spiro atoms. The van der Waals surface area contributed by atoms with E-state index < -0.39 is 10.8 Å². The van der Waals surface area contributed by atoms with Gasteiger partial charge in [0.05, 0.1) is 29.2 Å². The predicted octanol–water partition coefficient (Wildman–Crippen LogP) is 3.54. The topological polar surface area (TPSA) is 43.4 Å². The predicted molar refractivity (Wildman–Crippen MR) is 82.0 cm³/mol. The summed E-state index contributed by atoms with van der Waals surface area (Å²) >= 11 is 3.36. The van der Waals surface area contributed by atoms with Gasteiger partial charge in [0.1, 0.15) is 0 Å². The van der Waals surface area contributed by atoms with E-state index in [0.29, 0.717) is 11.3 Å². The molecule has 0 aliphatic carbocycles. The SMILES string of the molecule is COC(=O)c1ccc(CS(=O)c2cccc(Br)c2)cc1. The highest BCUT2D eigenvalue weighted by molar-refractivity contribution is 9.10. The Labute approximate surface area is 128 Å². The highest BCUT2D eigenvalue weighted by Crippen LogP contribution is 2.17. The van der Waals surface area contributed by atoms with Crippen LogP contribution in [0.15, 0.2) is 57.9 Å². The molecule has 0 aliphatic heterocycles. The van der Waals surface area contributed by atoms with Crippen molar-refractivity contribution in [3.63, 3.8) is 0 Å². The Kier molecular flexibility index (Phi) is 5.09. The first-order valence-corrected chi connectivity index (χ1v) is 8.02. The van der Waals surface area contributed by atoms with E-state index in [1.807, 2.05) is 24.3 Å². The van der Waals surface area contributed by atoms with Crippen LogP contribution in [0.25, 0.3) is 0 Å². The molecule has 0 saturated heterocycles. The van der Waals surface area contributed by atoms with Crippen LogP contribution < -0.4 is 0 Å². The Bertz CT molecular complexity index is 638. The fraction of sp³-hybridized carbons (Fsp3) is 0.133. The van der Waals surface area contributed by atoms with Crippen molar-refractivity contribution in [2.24, 2.45) is 0 Å². The number of ether oxygens (including phenoxy) is 1. The van der Waals surface area contributed by atoms with E-state index >= 15 is 0 Å². The Morgan fingerprint density at radius 1 is 1.20 bits per heavy atom. The van der Waals surface area contributed by atoms with E-state index in [1.54, 1.807) is 24.3 Å². The third kappa shape index (κ3) is 3.77. The second kappa shape index (κ2) is 6.81. The number of methoxy groups -OCH3 is 1. The van der Waals surface area contributed by atoms with Crippen LogP contribution in [0.4, 0.5) is 0 Å². The summed E-state index contributed by atoms with van der Waals surface area (Å²) in [6, 6.07) is 14.4. The highest BCUT2D eigenvalue weighted by atomic mass is 79.9. The van der Waals surface area contributed by atoms with Gasteiger partial charge in [0.25, 0.3) is 0 Å². The Hall–Kier alpha value is -1.46. The van der Waals surface area contributed by atoms with Crippen LogP contribution in [0.1, 0.15) is 15.9 Å². The Balaban J connectivity index is 2.10. The Morgan fingerprint density at radius 3 is 2.50 bits per heavy atom. The minimum absolute atomic E-state index is 0.371. The zero-order chi connectivity index (χ0) is 14.5. The first-order valence-electron chi connectivity index (χ1n) is 5.91. The van der Waals surface area contributed by atoms with E-state index in [-0.39, 0.29) is 5.97 Å². The van der Waals surface area contributed by atoms with Crippen LogP contribution in [-0.4, -0.2) is 17.3 Å². The van der Waals surface area contributed by atoms with E-state index in [0.717, 1.165) is 14.9 Å². The number of carbonyl (C=O) groups is 1. The van der Waals surface area contributed by atoms with Crippen molar-refractivity contribution in [1.82, 2.24) is 0 Å². The van der Waals surface area contributed by atoms with Crippen LogP contribution in [0.3, 0.4) is 0 Å². The summed E-state index contributed by atoms with van der Waals surface area (Å²) in [6.07, 6.45) is 0. The summed E-state index contributed by atoms with van der Waals surface area (Å²) in [5, 5.41) is 0. The van der Waals surface area contributed by atoms with E-state index in [9.17, 15) is 9.00 Å². The number of benzene rings is 2. The minimum atomic E-state index is -1.11. The molecular weight excluding hydrogens is 340 g/mol. The molecule has 1 atom stereocenters. The number of hydrogen-bond acceptors (Lipinski definition) is 3. The molecule has 2 aromatic rings. The third-order valence-electron chi connectivity index (χ3n) is 2.73. The van der Waals surface area contributed by atoms with Gasteiger partial charge in [-0.1, -0.05) is 34.1 Å². The largest absolute Gasteiger partial charge is 0.465 e. The smallest absolute Gasteiger partial charge is 0.337 e. The minimum Gasteiger partial charge on any atom is -0.465 e. The second-order valence-electron chi connectivity index (χ2n) is 4.14. The molecule has 104 valence electrons. The van der Waals surface area contributed by atoms with E-state index in [1.165, 1.54) is 7.11 Å². The van der Waals surface area contributed by atoms with Crippen molar-refractivity contribution in [1.29, 1.82) is 0 Å². The molecule has 0 saturated carbocycles. The molecule has 0 aromatic heterocycles. The fourth-order valence-electron chi connectivity index (χ4n) is 1.70. The summed E-state index contributed by atoms with van der Waals surface area (Å²) in [5.41, 5.74) is 1.40. The number of hydrogen-bond donors (Lipinski definition) is 0. The van der Waals surface area contributed by atoms with Crippen molar-refractivity contribution in [2.75, 3.05) is 7.11 Å². The zero-order valence-electron chi connectivity index (χ0n) is 10.8. The molecule has 0 amide bonds. The summed E-state index contributed by atoms with van der Waals surface area (Å²) in [5.74, 6) is 0.0439. The molecule has 1 unspecified atom stereocenters. The quantitative estimate of drug-likeness (QED) is 0.790. The summed E-state index contributed by atoms with van der Waals surface area (Å²) < 4.78 is 17.8. The molecule has 2 aromatic carbocycles. The summed E-state index contributed by atoms with van der Waals surface area (Å²) in [4.78, 5) is 12.1. The molecule has 0 bridgehead atoms. The fourth-order valence-corrected chi connectivity index (χ4v) is 3.40. The maximum Gasteiger partial charge on any atom is 0.337 e. The Morgan fingerprint density at radius 2 is 1.90 bits per heavy atom. The van der Waals surface area contributed by atoms with Gasteiger partial charge in [-0.15, -0.1) is 0 Å². The number of carbonyl (C=O) groups excluding carboxylic acids is 1. The molecule has 0 fully saturated rings. The van der Waals surface area contributed by atoms with Crippen molar-refractivity contribution in [3.8, 4) is 0 Å². The van der Waals surface area contributed by atoms with Crippen molar-refractivity contribution in [3.05, 3.63) is 64.1 Å². The molecule has 0 radical (unpaired) electrons.